The van der Waals surface area contributed by atoms with Gasteiger partial charge in [-0.1, -0.05) is 6.07 Å². The van der Waals surface area contributed by atoms with E-state index in [4.69, 9.17) is 4.74 Å². The number of hydrogen-bond acceptors (Lipinski definition) is 4. The number of esters is 1. The van der Waals surface area contributed by atoms with E-state index >= 15 is 0 Å². The molecule has 2 aromatic heterocycles. The van der Waals surface area contributed by atoms with Crippen molar-refractivity contribution in [2.75, 3.05) is 6.61 Å². The average Bonchev–Trinajstić information content (AvgIpc) is 2.40. The van der Waals surface area contributed by atoms with Crippen LogP contribution in [0.15, 0.2) is 42.9 Å². The zero-order chi connectivity index (χ0) is 12.1. The zero-order valence-corrected chi connectivity index (χ0v) is 9.46. The topological polar surface area (TPSA) is 52.1 Å². The summed E-state index contributed by atoms with van der Waals surface area (Å²) in [6, 6.07) is 7.31. The summed E-state index contributed by atoms with van der Waals surface area (Å²) < 4.78 is 4.90. The molecule has 86 valence electrons. The molecule has 0 spiro atoms. The largest absolute Gasteiger partial charge is 0.461 e. The van der Waals surface area contributed by atoms with E-state index in [1.807, 2.05) is 18.2 Å². The Balaban J connectivity index is 2.32. The number of aromatic nitrogens is 2. The highest BCUT2D eigenvalue weighted by Crippen LogP contribution is 2.18. The van der Waals surface area contributed by atoms with Crippen LogP contribution in [0.2, 0.25) is 0 Å². The van der Waals surface area contributed by atoms with Gasteiger partial charge in [-0.15, -0.1) is 0 Å². The van der Waals surface area contributed by atoms with Gasteiger partial charge < -0.3 is 4.74 Å². The second-order valence-corrected chi connectivity index (χ2v) is 3.39. The highest BCUT2D eigenvalue weighted by molar-refractivity contribution is 5.88. The van der Waals surface area contributed by atoms with E-state index in [1.54, 1.807) is 31.6 Å². The summed E-state index contributed by atoms with van der Waals surface area (Å²) in [5.41, 5.74) is 2.16. The Morgan fingerprint density at radius 2 is 2.18 bits per heavy atom. The first-order valence-corrected chi connectivity index (χ1v) is 5.35. The van der Waals surface area contributed by atoms with Gasteiger partial charge in [-0.2, -0.15) is 0 Å². The number of nitrogens with zero attached hydrogens (tertiary/aromatic N) is 2. The first-order valence-electron chi connectivity index (χ1n) is 5.35. The Morgan fingerprint density at radius 3 is 2.88 bits per heavy atom. The van der Waals surface area contributed by atoms with Gasteiger partial charge in [-0.25, -0.2) is 9.78 Å². The van der Waals surface area contributed by atoms with Crippen LogP contribution in [0, 0.1) is 0 Å². The van der Waals surface area contributed by atoms with E-state index < -0.39 is 5.97 Å². The first kappa shape index (κ1) is 11.3. The van der Waals surface area contributed by atoms with Crippen LogP contribution in [-0.2, 0) is 4.74 Å². The summed E-state index contributed by atoms with van der Waals surface area (Å²) in [5, 5.41) is 0. The van der Waals surface area contributed by atoms with Gasteiger partial charge in [0.1, 0.15) is 5.69 Å². The third-order valence-corrected chi connectivity index (χ3v) is 2.24. The van der Waals surface area contributed by atoms with Gasteiger partial charge in [0.25, 0.3) is 0 Å². The zero-order valence-electron chi connectivity index (χ0n) is 9.46. The van der Waals surface area contributed by atoms with Gasteiger partial charge in [0.15, 0.2) is 0 Å². The van der Waals surface area contributed by atoms with E-state index in [9.17, 15) is 4.79 Å². The SMILES string of the molecule is CCOC(=O)c1cc(-c2cccnc2)ccn1. The number of carbonyl (C=O) groups is 1. The predicted molar refractivity (Wildman–Crippen MR) is 63.4 cm³/mol. The summed E-state index contributed by atoms with van der Waals surface area (Å²) in [7, 11) is 0. The molecular formula is C13H12N2O2. The maximum atomic E-state index is 11.5. The molecule has 0 aliphatic carbocycles. The third kappa shape index (κ3) is 2.66. The molecule has 0 N–H and O–H groups in total. The van der Waals surface area contributed by atoms with Gasteiger partial charge in [0.05, 0.1) is 6.61 Å². The Kier molecular flexibility index (Phi) is 3.45. The van der Waals surface area contributed by atoms with E-state index in [-0.39, 0.29) is 0 Å². The second kappa shape index (κ2) is 5.21. The third-order valence-electron chi connectivity index (χ3n) is 2.24. The van der Waals surface area contributed by atoms with Crippen LogP contribution in [0.3, 0.4) is 0 Å². The maximum absolute atomic E-state index is 11.5. The van der Waals surface area contributed by atoms with Crippen LogP contribution in [0.25, 0.3) is 11.1 Å². The van der Waals surface area contributed by atoms with Gasteiger partial charge in [-0.3, -0.25) is 4.98 Å². The summed E-state index contributed by atoms with van der Waals surface area (Å²) >= 11 is 0. The van der Waals surface area contributed by atoms with Crippen molar-refractivity contribution in [2.45, 2.75) is 6.92 Å². The second-order valence-electron chi connectivity index (χ2n) is 3.39. The Morgan fingerprint density at radius 1 is 1.29 bits per heavy atom. The molecule has 0 saturated heterocycles. The van der Waals surface area contributed by atoms with Gasteiger partial charge in [0, 0.05) is 24.2 Å². The molecule has 0 saturated carbocycles. The Labute approximate surface area is 99.3 Å². The van der Waals surface area contributed by atoms with Crippen LogP contribution in [0.1, 0.15) is 17.4 Å². The number of hydrogen-bond donors (Lipinski definition) is 0. The van der Waals surface area contributed by atoms with Crippen molar-refractivity contribution < 1.29 is 9.53 Å². The van der Waals surface area contributed by atoms with E-state index in [2.05, 4.69) is 9.97 Å². The number of rotatable bonds is 3. The smallest absolute Gasteiger partial charge is 0.356 e. The van der Waals surface area contributed by atoms with Crippen molar-refractivity contribution in [3.8, 4) is 11.1 Å². The Bertz CT molecular complexity index is 512. The quantitative estimate of drug-likeness (QED) is 0.756. The van der Waals surface area contributed by atoms with E-state index in [0.717, 1.165) is 11.1 Å². The standard InChI is InChI=1S/C13H12N2O2/c1-2-17-13(16)12-8-10(5-7-15-12)11-4-3-6-14-9-11/h3-9H,2H2,1H3. The summed E-state index contributed by atoms with van der Waals surface area (Å²) in [5.74, 6) is -0.404. The summed E-state index contributed by atoms with van der Waals surface area (Å²) in [6.45, 7) is 2.11. The molecule has 4 heteroatoms. The van der Waals surface area contributed by atoms with Crippen molar-refractivity contribution in [1.29, 1.82) is 0 Å². The van der Waals surface area contributed by atoms with Gasteiger partial charge in [0.2, 0.25) is 0 Å². The van der Waals surface area contributed by atoms with Crippen molar-refractivity contribution in [3.05, 3.63) is 48.5 Å². The molecule has 17 heavy (non-hydrogen) atoms. The van der Waals surface area contributed by atoms with Crippen molar-refractivity contribution >= 4 is 5.97 Å². The fourth-order valence-corrected chi connectivity index (χ4v) is 1.46. The first-order chi connectivity index (χ1) is 8.31. The van der Waals surface area contributed by atoms with Crippen LogP contribution >= 0.6 is 0 Å². The fraction of sp³-hybridized carbons (Fsp3) is 0.154. The van der Waals surface area contributed by atoms with Crippen LogP contribution in [-0.4, -0.2) is 22.5 Å². The summed E-state index contributed by atoms with van der Waals surface area (Å²) in [6.07, 6.45) is 5.04. The van der Waals surface area contributed by atoms with Crippen molar-refractivity contribution in [1.82, 2.24) is 9.97 Å². The van der Waals surface area contributed by atoms with E-state index in [1.165, 1.54) is 0 Å². The number of carbonyl (C=O) groups excluding carboxylic acids is 1. The minimum absolute atomic E-state index is 0.313. The molecule has 0 bridgehead atoms. The lowest BCUT2D eigenvalue weighted by atomic mass is 10.1. The molecule has 0 unspecified atom stereocenters. The average molecular weight is 228 g/mol. The molecular weight excluding hydrogens is 216 g/mol. The molecule has 0 amide bonds. The molecule has 0 aromatic carbocycles. The molecule has 0 radical (unpaired) electrons. The molecule has 0 aliphatic heterocycles. The van der Waals surface area contributed by atoms with Crippen LogP contribution in [0.5, 0.6) is 0 Å². The Hall–Kier alpha value is -2.23. The summed E-state index contributed by atoms with van der Waals surface area (Å²) in [4.78, 5) is 19.6. The fourth-order valence-electron chi connectivity index (χ4n) is 1.46. The molecule has 2 heterocycles. The molecule has 0 fully saturated rings. The van der Waals surface area contributed by atoms with Crippen molar-refractivity contribution in [3.63, 3.8) is 0 Å². The maximum Gasteiger partial charge on any atom is 0.356 e. The predicted octanol–water partition coefficient (Wildman–Crippen LogP) is 2.32. The minimum atomic E-state index is -0.404. The molecule has 2 aromatic rings. The van der Waals surface area contributed by atoms with Crippen LogP contribution in [0.4, 0.5) is 0 Å². The lowest BCUT2D eigenvalue weighted by Gasteiger charge is -2.04. The molecule has 0 aliphatic rings. The lowest BCUT2D eigenvalue weighted by molar-refractivity contribution is 0.0519. The number of pyridine rings is 2. The van der Waals surface area contributed by atoms with Gasteiger partial charge in [-0.05, 0) is 30.7 Å². The van der Waals surface area contributed by atoms with Gasteiger partial charge >= 0.3 is 5.97 Å². The monoisotopic (exact) mass is 228 g/mol. The normalized spacial score (nSPS) is 9.94. The highest BCUT2D eigenvalue weighted by Gasteiger charge is 2.09. The molecule has 0 atom stereocenters. The molecule has 2 rings (SSSR count). The lowest BCUT2D eigenvalue weighted by Crippen LogP contribution is -2.06. The number of ether oxygens (including phenoxy) is 1. The highest BCUT2D eigenvalue weighted by atomic mass is 16.5. The van der Waals surface area contributed by atoms with E-state index in [0.29, 0.717) is 12.3 Å². The molecule has 4 nitrogen and oxygen atoms in total. The minimum Gasteiger partial charge on any atom is -0.461 e. The van der Waals surface area contributed by atoms with Crippen molar-refractivity contribution in [2.24, 2.45) is 0 Å². The van der Waals surface area contributed by atoms with Crippen LogP contribution < -0.4 is 0 Å².